The van der Waals surface area contributed by atoms with E-state index in [9.17, 15) is 9.59 Å². The molecule has 2 heterocycles. The van der Waals surface area contributed by atoms with Gasteiger partial charge in [-0.25, -0.2) is 4.57 Å². The van der Waals surface area contributed by atoms with Gasteiger partial charge < -0.3 is 4.74 Å². The fraction of sp³-hybridized carbons (Fsp3) is 0.304. The van der Waals surface area contributed by atoms with Crippen LogP contribution < -0.4 is 5.56 Å². The third-order valence-electron chi connectivity index (χ3n) is 4.74. The Morgan fingerprint density at radius 1 is 1.10 bits per heavy atom. The zero-order chi connectivity index (χ0) is 22.3. The third-order valence-corrected chi connectivity index (χ3v) is 5.64. The summed E-state index contributed by atoms with van der Waals surface area (Å²) in [5, 5.41) is 9.71. The van der Waals surface area contributed by atoms with Gasteiger partial charge in [0.25, 0.3) is 5.56 Å². The van der Waals surface area contributed by atoms with E-state index in [4.69, 9.17) is 4.74 Å². The van der Waals surface area contributed by atoms with Gasteiger partial charge in [-0.3, -0.25) is 14.0 Å². The van der Waals surface area contributed by atoms with Gasteiger partial charge in [0.15, 0.2) is 5.16 Å². The van der Waals surface area contributed by atoms with Crippen molar-refractivity contribution >= 4 is 34.4 Å². The lowest BCUT2D eigenvalue weighted by atomic mass is 10.1. The highest BCUT2D eigenvalue weighted by Gasteiger charge is 2.21. The van der Waals surface area contributed by atoms with Gasteiger partial charge in [-0.2, -0.15) is 0 Å². The van der Waals surface area contributed by atoms with Gasteiger partial charge in [-0.15, -0.1) is 10.2 Å². The van der Waals surface area contributed by atoms with Crippen LogP contribution in [0.5, 0.6) is 0 Å². The molecule has 0 N–H and O–H groups in total. The number of para-hydroxylation sites is 1. The molecule has 0 saturated carbocycles. The van der Waals surface area contributed by atoms with Crippen LogP contribution in [-0.2, 0) is 9.53 Å². The first-order chi connectivity index (χ1) is 14.7. The number of aryl methyl sites for hydroxylation is 2. The molecular weight excluding hydrogens is 412 g/mol. The summed E-state index contributed by atoms with van der Waals surface area (Å²) in [6, 6.07) is 13.3. The standard InChI is InChI=1S/C23H24N4O3S/c1-14-10-11-15(2)18(12-14)26-20(29)16-8-6-7-9-17(16)27-21(26)24-25-22(27)31-13-19(28)30-23(3,4)5/h6-12H,13H2,1-5H3. The van der Waals surface area contributed by atoms with Crippen molar-refractivity contribution in [1.29, 1.82) is 0 Å². The smallest absolute Gasteiger partial charge is 0.316 e. The molecule has 0 bridgehead atoms. The topological polar surface area (TPSA) is 78.5 Å². The van der Waals surface area contributed by atoms with Gasteiger partial charge in [0.1, 0.15) is 5.60 Å². The molecule has 0 aliphatic rings. The number of aromatic nitrogens is 4. The largest absolute Gasteiger partial charge is 0.459 e. The first-order valence-electron chi connectivity index (χ1n) is 9.97. The zero-order valence-corrected chi connectivity index (χ0v) is 19.0. The molecule has 7 nitrogen and oxygen atoms in total. The number of carbonyl (C=O) groups excluding carboxylic acids is 1. The Hall–Kier alpha value is -3.13. The average Bonchev–Trinajstić information content (AvgIpc) is 3.12. The molecule has 0 atom stereocenters. The van der Waals surface area contributed by atoms with Crippen molar-refractivity contribution in [2.24, 2.45) is 0 Å². The molecule has 2 aromatic heterocycles. The maximum atomic E-state index is 13.4. The van der Waals surface area contributed by atoms with Crippen molar-refractivity contribution in [3.63, 3.8) is 0 Å². The van der Waals surface area contributed by atoms with Crippen LogP contribution in [0.2, 0.25) is 0 Å². The minimum absolute atomic E-state index is 0.0923. The van der Waals surface area contributed by atoms with Gasteiger partial charge in [0.2, 0.25) is 5.78 Å². The summed E-state index contributed by atoms with van der Waals surface area (Å²) < 4.78 is 8.82. The molecule has 2 aromatic carbocycles. The lowest BCUT2D eigenvalue weighted by Gasteiger charge is -2.19. The maximum absolute atomic E-state index is 13.4. The molecule has 160 valence electrons. The molecule has 4 rings (SSSR count). The van der Waals surface area contributed by atoms with E-state index in [0.717, 1.165) is 16.8 Å². The van der Waals surface area contributed by atoms with Crippen molar-refractivity contribution < 1.29 is 9.53 Å². The molecule has 0 saturated heterocycles. The van der Waals surface area contributed by atoms with E-state index in [1.165, 1.54) is 11.8 Å². The summed E-state index contributed by atoms with van der Waals surface area (Å²) in [5.41, 5.74) is 2.74. The number of nitrogens with zero attached hydrogens (tertiary/aromatic N) is 4. The van der Waals surface area contributed by atoms with Crippen LogP contribution in [0.3, 0.4) is 0 Å². The van der Waals surface area contributed by atoms with E-state index in [1.807, 2.05) is 75.4 Å². The van der Waals surface area contributed by atoms with Crippen molar-refractivity contribution in [3.05, 3.63) is 63.9 Å². The summed E-state index contributed by atoms with van der Waals surface area (Å²) in [6.07, 6.45) is 0. The predicted octanol–water partition coefficient (Wildman–Crippen LogP) is 4.08. The van der Waals surface area contributed by atoms with E-state index >= 15 is 0 Å². The third kappa shape index (κ3) is 4.07. The van der Waals surface area contributed by atoms with Crippen LogP contribution in [0.1, 0.15) is 31.9 Å². The van der Waals surface area contributed by atoms with Gasteiger partial charge in [0, 0.05) is 0 Å². The minimum atomic E-state index is -0.555. The number of esters is 1. The number of rotatable bonds is 4. The molecular formula is C23H24N4O3S. The first-order valence-corrected chi connectivity index (χ1v) is 11.0. The van der Waals surface area contributed by atoms with Crippen LogP contribution in [0, 0.1) is 13.8 Å². The normalized spacial score (nSPS) is 11.9. The molecule has 31 heavy (non-hydrogen) atoms. The Labute approximate surface area is 184 Å². The monoisotopic (exact) mass is 436 g/mol. The van der Waals surface area contributed by atoms with Gasteiger partial charge in [0.05, 0.1) is 22.3 Å². The van der Waals surface area contributed by atoms with Crippen molar-refractivity contribution in [2.75, 3.05) is 5.75 Å². The summed E-state index contributed by atoms with van der Waals surface area (Å²) in [5.74, 6) is 0.167. The molecule has 8 heteroatoms. The number of hydrogen-bond acceptors (Lipinski definition) is 6. The van der Waals surface area contributed by atoms with E-state index < -0.39 is 5.60 Å². The molecule has 0 amide bonds. The quantitative estimate of drug-likeness (QED) is 0.354. The second kappa shape index (κ2) is 7.85. The summed E-state index contributed by atoms with van der Waals surface area (Å²) in [6.45, 7) is 9.44. The Morgan fingerprint density at radius 3 is 2.58 bits per heavy atom. The number of hydrogen-bond donors (Lipinski definition) is 0. The fourth-order valence-corrected chi connectivity index (χ4v) is 4.16. The molecule has 0 spiro atoms. The lowest BCUT2D eigenvalue weighted by Crippen LogP contribution is -2.25. The van der Waals surface area contributed by atoms with E-state index in [0.29, 0.717) is 21.8 Å². The van der Waals surface area contributed by atoms with E-state index in [1.54, 1.807) is 10.6 Å². The van der Waals surface area contributed by atoms with Crippen molar-refractivity contribution in [1.82, 2.24) is 19.2 Å². The second-order valence-electron chi connectivity index (χ2n) is 8.44. The number of carbonyl (C=O) groups is 1. The number of thioether (sulfide) groups is 1. The SMILES string of the molecule is Cc1ccc(C)c(-n2c(=O)c3ccccc3n3c(SCC(=O)OC(C)(C)C)nnc23)c1. The molecule has 0 aliphatic carbocycles. The highest BCUT2D eigenvalue weighted by molar-refractivity contribution is 7.99. The Bertz CT molecular complexity index is 1370. The first kappa shape index (κ1) is 21.1. The lowest BCUT2D eigenvalue weighted by molar-refractivity contribution is -0.151. The maximum Gasteiger partial charge on any atom is 0.316 e. The highest BCUT2D eigenvalue weighted by atomic mass is 32.2. The molecule has 0 radical (unpaired) electrons. The van der Waals surface area contributed by atoms with E-state index in [2.05, 4.69) is 10.2 Å². The molecule has 0 fully saturated rings. The predicted molar refractivity (Wildman–Crippen MR) is 122 cm³/mol. The molecule has 0 aliphatic heterocycles. The highest BCUT2D eigenvalue weighted by Crippen LogP contribution is 2.25. The van der Waals surface area contributed by atoms with Crippen LogP contribution in [0.4, 0.5) is 0 Å². The van der Waals surface area contributed by atoms with Crippen LogP contribution >= 0.6 is 11.8 Å². The summed E-state index contributed by atoms with van der Waals surface area (Å²) in [4.78, 5) is 25.7. The Balaban J connectivity index is 1.91. The number of fused-ring (bicyclic) bond motifs is 3. The number of ether oxygens (including phenoxy) is 1. The van der Waals surface area contributed by atoms with Gasteiger partial charge in [-0.05, 0) is 63.9 Å². The van der Waals surface area contributed by atoms with Crippen molar-refractivity contribution in [2.45, 2.75) is 45.4 Å². The second-order valence-corrected chi connectivity index (χ2v) is 9.38. The van der Waals surface area contributed by atoms with Crippen LogP contribution in [-0.4, -0.2) is 36.5 Å². The van der Waals surface area contributed by atoms with Crippen LogP contribution in [0.15, 0.2) is 52.4 Å². The molecule has 4 aromatic rings. The minimum Gasteiger partial charge on any atom is -0.459 e. The number of benzene rings is 2. The van der Waals surface area contributed by atoms with Gasteiger partial charge >= 0.3 is 5.97 Å². The van der Waals surface area contributed by atoms with Crippen LogP contribution in [0.25, 0.3) is 22.4 Å². The van der Waals surface area contributed by atoms with E-state index in [-0.39, 0.29) is 17.3 Å². The van der Waals surface area contributed by atoms with Crippen molar-refractivity contribution in [3.8, 4) is 5.69 Å². The summed E-state index contributed by atoms with van der Waals surface area (Å²) >= 11 is 1.24. The Kier molecular flexibility index (Phi) is 5.35. The average molecular weight is 437 g/mol. The fourth-order valence-electron chi connectivity index (χ4n) is 3.44. The zero-order valence-electron chi connectivity index (χ0n) is 18.2. The molecule has 0 unspecified atom stereocenters. The Morgan fingerprint density at radius 2 is 1.84 bits per heavy atom. The van der Waals surface area contributed by atoms with Gasteiger partial charge in [-0.1, -0.05) is 36.0 Å². The summed E-state index contributed by atoms with van der Waals surface area (Å²) in [7, 11) is 0.